The second-order valence-electron chi connectivity index (χ2n) is 5.41. The molecule has 0 saturated carbocycles. The third-order valence-electron chi connectivity index (χ3n) is 3.91. The number of benzene rings is 1. The number of likely N-dealkylation sites (N-methyl/N-ethyl adjacent to an activating group) is 1. The highest BCUT2D eigenvalue weighted by Gasteiger charge is 2.26. The summed E-state index contributed by atoms with van der Waals surface area (Å²) in [5.74, 6) is 0. The van der Waals surface area contributed by atoms with Gasteiger partial charge in [0, 0.05) is 31.7 Å². The molecule has 2 N–H and O–H groups in total. The van der Waals surface area contributed by atoms with Gasteiger partial charge in [-0.2, -0.15) is 0 Å². The van der Waals surface area contributed by atoms with Crippen molar-refractivity contribution in [1.82, 2.24) is 9.80 Å². The normalized spacial score (nSPS) is 26.4. The average molecular weight is 268 g/mol. The van der Waals surface area contributed by atoms with Crippen molar-refractivity contribution in [1.29, 1.82) is 0 Å². The Hall–Kier alpha value is -0.770. The summed E-state index contributed by atoms with van der Waals surface area (Å²) < 4.78 is 0. The van der Waals surface area contributed by atoms with Crippen LogP contribution in [0.25, 0.3) is 0 Å². The van der Waals surface area contributed by atoms with Crippen molar-refractivity contribution < 1.29 is 0 Å². The predicted molar refractivity (Wildman–Crippen MR) is 77.8 cm³/mol. The fourth-order valence-corrected chi connectivity index (χ4v) is 2.77. The summed E-state index contributed by atoms with van der Waals surface area (Å²) in [7, 11) is 2.20. The second-order valence-corrected chi connectivity index (χ2v) is 5.82. The van der Waals surface area contributed by atoms with Crippen LogP contribution in [0.1, 0.15) is 19.4 Å². The van der Waals surface area contributed by atoms with Gasteiger partial charge in [-0.3, -0.25) is 9.80 Å². The quantitative estimate of drug-likeness (QED) is 0.836. The van der Waals surface area contributed by atoms with Crippen LogP contribution in [0.3, 0.4) is 0 Å². The second kappa shape index (κ2) is 5.47. The summed E-state index contributed by atoms with van der Waals surface area (Å²) in [4.78, 5) is 4.92. The third kappa shape index (κ3) is 2.97. The van der Waals surface area contributed by atoms with Gasteiger partial charge in [0.05, 0.1) is 10.7 Å². The first kappa shape index (κ1) is 13.7. The fourth-order valence-electron chi connectivity index (χ4n) is 2.57. The van der Waals surface area contributed by atoms with Crippen molar-refractivity contribution in [3.8, 4) is 0 Å². The number of nitrogens with zero attached hydrogens (tertiary/aromatic N) is 2. The molecule has 1 heterocycles. The van der Waals surface area contributed by atoms with Crippen molar-refractivity contribution in [2.75, 3.05) is 25.9 Å². The maximum absolute atomic E-state index is 6.06. The topological polar surface area (TPSA) is 32.5 Å². The number of hydrogen-bond donors (Lipinski definition) is 1. The molecule has 0 spiro atoms. The molecule has 2 unspecified atom stereocenters. The molecule has 1 aliphatic heterocycles. The molecule has 0 radical (unpaired) electrons. The number of rotatable bonds is 2. The van der Waals surface area contributed by atoms with E-state index in [-0.39, 0.29) is 0 Å². The van der Waals surface area contributed by atoms with Crippen molar-refractivity contribution >= 4 is 17.3 Å². The summed E-state index contributed by atoms with van der Waals surface area (Å²) in [6, 6.07) is 7.12. The molecular weight excluding hydrogens is 246 g/mol. The molecule has 1 aliphatic rings. The maximum Gasteiger partial charge on any atom is 0.0638 e. The number of hydrogen-bond acceptors (Lipinski definition) is 3. The third-order valence-corrected chi connectivity index (χ3v) is 4.23. The van der Waals surface area contributed by atoms with Crippen LogP contribution in [0, 0.1) is 0 Å². The molecule has 2 atom stereocenters. The molecule has 100 valence electrons. The highest BCUT2D eigenvalue weighted by Crippen LogP contribution is 2.22. The number of nitrogen functional groups attached to an aromatic ring is 1. The zero-order valence-corrected chi connectivity index (χ0v) is 12.1. The van der Waals surface area contributed by atoms with Crippen LogP contribution < -0.4 is 5.73 Å². The minimum absolute atomic E-state index is 0.595. The summed E-state index contributed by atoms with van der Waals surface area (Å²) >= 11 is 6.06. The summed E-state index contributed by atoms with van der Waals surface area (Å²) in [5.41, 5.74) is 7.62. The molecule has 2 rings (SSSR count). The Morgan fingerprint density at radius 1 is 1.28 bits per heavy atom. The number of piperazine rings is 1. The lowest BCUT2D eigenvalue weighted by Gasteiger charge is -2.42. The molecule has 4 heteroatoms. The van der Waals surface area contributed by atoms with Crippen LogP contribution in [-0.2, 0) is 6.54 Å². The molecule has 1 aromatic carbocycles. The zero-order chi connectivity index (χ0) is 13.3. The first-order valence-corrected chi connectivity index (χ1v) is 6.83. The highest BCUT2D eigenvalue weighted by molar-refractivity contribution is 6.33. The van der Waals surface area contributed by atoms with Gasteiger partial charge in [-0.15, -0.1) is 0 Å². The molecule has 1 fully saturated rings. The average Bonchev–Trinajstić information content (AvgIpc) is 2.31. The van der Waals surface area contributed by atoms with Gasteiger partial charge in [-0.05, 0) is 38.6 Å². The molecule has 1 saturated heterocycles. The van der Waals surface area contributed by atoms with Crippen molar-refractivity contribution in [2.45, 2.75) is 32.5 Å². The van der Waals surface area contributed by atoms with Crippen LogP contribution in [0.15, 0.2) is 18.2 Å². The van der Waals surface area contributed by atoms with Gasteiger partial charge in [0.25, 0.3) is 0 Å². The van der Waals surface area contributed by atoms with Crippen LogP contribution in [0.2, 0.25) is 5.02 Å². The van der Waals surface area contributed by atoms with Crippen LogP contribution in [-0.4, -0.2) is 42.0 Å². The van der Waals surface area contributed by atoms with E-state index in [1.54, 1.807) is 0 Å². The first-order chi connectivity index (χ1) is 8.47. The van der Waals surface area contributed by atoms with E-state index >= 15 is 0 Å². The van der Waals surface area contributed by atoms with Gasteiger partial charge in [0.15, 0.2) is 0 Å². The molecule has 0 aliphatic carbocycles. The summed E-state index contributed by atoms with van der Waals surface area (Å²) in [6.45, 7) is 7.70. The molecular formula is C14H22ClN3. The van der Waals surface area contributed by atoms with Gasteiger partial charge in [-0.25, -0.2) is 0 Å². The Kier molecular flexibility index (Phi) is 4.15. The Bertz CT molecular complexity index is 410. The Morgan fingerprint density at radius 3 is 2.44 bits per heavy atom. The number of halogens is 1. The summed E-state index contributed by atoms with van der Waals surface area (Å²) in [5, 5.41) is 0.655. The Labute approximate surface area is 115 Å². The molecule has 18 heavy (non-hydrogen) atoms. The van der Waals surface area contributed by atoms with Crippen LogP contribution in [0.5, 0.6) is 0 Å². The van der Waals surface area contributed by atoms with Gasteiger partial charge in [0.1, 0.15) is 0 Å². The molecule has 0 aromatic heterocycles. The minimum atomic E-state index is 0.595. The lowest BCUT2D eigenvalue weighted by atomic mass is 10.1. The van der Waals surface area contributed by atoms with E-state index in [1.807, 2.05) is 12.1 Å². The molecule has 3 nitrogen and oxygen atoms in total. The van der Waals surface area contributed by atoms with E-state index in [2.05, 4.69) is 36.8 Å². The smallest absolute Gasteiger partial charge is 0.0638 e. The molecule has 0 amide bonds. The minimum Gasteiger partial charge on any atom is -0.398 e. The van der Waals surface area contributed by atoms with E-state index in [4.69, 9.17) is 17.3 Å². The van der Waals surface area contributed by atoms with Crippen LogP contribution in [0.4, 0.5) is 5.69 Å². The van der Waals surface area contributed by atoms with E-state index < -0.39 is 0 Å². The molecule has 1 aromatic rings. The fraction of sp³-hybridized carbons (Fsp3) is 0.571. The number of nitrogens with two attached hydrogens (primary N) is 1. The van der Waals surface area contributed by atoms with Gasteiger partial charge in [0.2, 0.25) is 0 Å². The van der Waals surface area contributed by atoms with Gasteiger partial charge < -0.3 is 5.73 Å². The zero-order valence-electron chi connectivity index (χ0n) is 11.4. The summed E-state index contributed by atoms with van der Waals surface area (Å²) in [6.07, 6.45) is 0. The highest BCUT2D eigenvalue weighted by atomic mass is 35.5. The van der Waals surface area contributed by atoms with E-state index in [1.165, 1.54) is 5.56 Å². The van der Waals surface area contributed by atoms with Gasteiger partial charge >= 0.3 is 0 Å². The van der Waals surface area contributed by atoms with Crippen molar-refractivity contribution in [3.63, 3.8) is 0 Å². The maximum atomic E-state index is 6.06. The molecule has 0 bridgehead atoms. The van der Waals surface area contributed by atoms with E-state index in [9.17, 15) is 0 Å². The van der Waals surface area contributed by atoms with E-state index in [0.29, 0.717) is 22.8 Å². The lowest BCUT2D eigenvalue weighted by Crippen LogP contribution is -2.54. The van der Waals surface area contributed by atoms with E-state index in [0.717, 1.165) is 19.6 Å². The standard InChI is InChI=1S/C14H22ClN3/c1-10-7-18(8-11(2)17(10)3)9-12-4-5-14(16)13(15)6-12/h4-6,10-11H,7-9,16H2,1-3H3. The Morgan fingerprint density at radius 2 is 1.89 bits per heavy atom. The first-order valence-electron chi connectivity index (χ1n) is 6.45. The van der Waals surface area contributed by atoms with Crippen LogP contribution >= 0.6 is 11.6 Å². The Balaban J connectivity index is 2.03. The van der Waals surface area contributed by atoms with Gasteiger partial charge in [-0.1, -0.05) is 17.7 Å². The van der Waals surface area contributed by atoms with Crippen molar-refractivity contribution in [2.24, 2.45) is 0 Å². The largest absolute Gasteiger partial charge is 0.398 e. The number of anilines is 1. The van der Waals surface area contributed by atoms with Crippen molar-refractivity contribution in [3.05, 3.63) is 28.8 Å². The monoisotopic (exact) mass is 267 g/mol. The SMILES string of the molecule is CC1CN(Cc2ccc(N)c(Cl)c2)CC(C)N1C. The predicted octanol–water partition coefficient (Wildman–Crippen LogP) is 2.45. The lowest BCUT2D eigenvalue weighted by molar-refractivity contribution is 0.0556.